The van der Waals surface area contributed by atoms with Gasteiger partial charge >= 0.3 is 0 Å². The van der Waals surface area contributed by atoms with Crippen LogP contribution in [-0.4, -0.2) is 18.7 Å². The Bertz CT molecular complexity index is 382. The van der Waals surface area contributed by atoms with Crippen molar-refractivity contribution in [1.29, 1.82) is 0 Å². The lowest BCUT2D eigenvalue weighted by Gasteiger charge is -2.39. The number of benzene rings is 1. The maximum absolute atomic E-state index is 5.76. The van der Waals surface area contributed by atoms with Crippen molar-refractivity contribution in [2.24, 2.45) is 11.8 Å². The van der Waals surface area contributed by atoms with Crippen LogP contribution in [-0.2, 0) is 0 Å². The van der Waals surface area contributed by atoms with E-state index in [0.717, 1.165) is 24.2 Å². The van der Waals surface area contributed by atoms with Crippen LogP contribution in [0.25, 0.3) is 0 Å². The molecule has 0 heterocycles. The van der Waals surface area contributed by atoms with E-state index in [1.165, 1.54) is 32.2 Å². The zero-order chi connectivity index (χ0) is 14.4. The maximum atomic E-state index is 5.76. The SMILES string of the molecule is CC(C)(C)NCC1CCC1CCCOc1ccccc1. The summed E-state index contributed by atoms with van der Waals surface area (Å²) in [6, 6.07) is 10.1. The molecule has 112 valence electrons. The van der Waals surface area contributed by atoms with Crippen LogP contribution in [0.1, 0.15) is 46.5 Å². The van der Waals surface area contributed by atoms with E-state index in [4.69, 9.17) is 4.74 Å². The molecule has 2 atom stereocenters. The molecule has 0 radical (unpaired) electrons. The average Bonchev–Trinajstić information content (AvgIpc) is 2.37. The fourth-order valence-corrected chi connectivity index (χ4v) is 2.78. The highest BCUT2D eigenvalue weighted by molar-refractivity contribution is 5.20. The van der Waals surface area contributed by atoms with Gasteiger partial charge in [-0.25, -0.2) is 0 Å². The van der Waals surface area contributed by atoms with E-state index < -0.39 is 0 Å². The Labute approximate surface area is 123 Å². The molecular weight excluding hydrogens is 246 g/mol. The van der Waals surface area contributed by atoms with Crippen LogP contribution in [0.15, 0.2) is 30.3 Å². The third-order valence-electron chi connectivity index (χ3n) is 4.20. The lowest BCUT2D eigenvalue weighted by molar-refractivity contribution is 0.139. The average molecular weight is 275 g/mol. The minimum absolute atomic E-state index is 0.247. The molecule has 1 aliphatic rings. The van der Waals surface area contributed by atoms with Gasteiger partial charge < -0.3 is 10.1 Å². The summed E-state index contributed by atoms with van der Waals surface area (Å²) in [7, 11) is 0. The molecule has 2 heteroatoms. The Hall–Kier alpha value is -1.02. The van der Waals surface area contributed by atoms with Gasteiger partial charge in [0.1, 0.15) is 5.75 Å². The summed E-state index contributed by atoms with van der Waals surface area (Å²) in [5.41, 5.74) is 0.247. The summed E-state index contributed by atoms with van der Waals surface area (Å²) in [5.74, 6) is 2.78. The van der Waals surface area contributed by atoms with Gasteiger partial charge in [0.15, 0.2) is 0 Å². The summed E-state index contributed by atoms with van der Waals surface area (Å²) >= 11 is 0. The van der Waals surface area contributed by atoms with Crippen LogP contribution >= 0.6 is 0 Å². The topological polar surface area (TPSA) is 21.3 Å². The molecular formula is C18H29NO. The van der Waals surface area contributed by atoms with Crippen molar-refractivity contribution in [2.75, 3.05) is 13.2 Å². The zero-order valence-electron chi connectivity index (χ0n) is 13.2. The maximum Gasteiger partial charge on any atom is 0.119 e. The van der Waals surface area contributed by atoms with Crippen LogP contribution in [0.4, 0.5) is 0 Å². The number of para-hydroxylation sites is 1. The van der Waals surface area contributed by atoms with Gasteiger partial charge in [0.2, 0.25) is 0 Å². The largest absolute Gasteiger partial charge is 0.494 e. The predicted molar refractivity (Wildman–Crippen MR) is 85.1 cm³/mol. The number of ether oxygens (including phenoxy) is 1. The highest BCUT2D eigenvalue weighted by Gasteiger charge is 2.30. The number of hydrogen-bond donors (Lipinski definition) is 1. The molecule has 1 aromatic rings. The Morgan fingerprint density at radius 2 is 1.80 bits per heavy atom. The summed E-state index contributed by atoms with van der Waals surface area (Å²) in [5, 5.41) is 3.64. The van der Waals surface area contributed by atoms with Gasteiger partial charge in [-0.15, -0.1) is 0 Å². The third-order valence-corrected chi connectivity index (χ3v) is 4.20. The molecule has 0 saturated heterocycles. The monoisotopic (exact) mass is 275 g/mol. The van der Waals surface area contributed by atoms with Crippen LogP contribution in [0.3, 0.4) is 0 Å². The molecule has 0 spiro atoms. The third kappa shape index (κ3) is 5.16. The van der Waals surface area contributed by atoms with Crippen molar-refractivity contribution in [3.05, 3.63) is 30.3 Å². The molecule has 0 amide bonds. The Morgan fingerprint density at radius 3 is 2.40 bits per heavy atom. The van der Waals surface area contributed by atoms with E-state index in [1.54, 1.807) is 0 Å². The fraction of sp³-hybridized carbons (Fsp3) is 0.667. The van der Waals surface area contributed by atoms with Crippen molar-refractivity contribution < 1.29 is 4.74 Å². The van der Waals surface area contributed by atoms with Gasteiger partial charge in [-0.1, -0.05) is 18.2 Å². The molecule has 2 unspecified atom stereocenters. The lowest BCUT2D eigenvalue weighted by atomic mass is 9.71. The van der Waals surface area contributed by atoms with Crippen molar-refractivity contribution in [1.82, 2.24) is 5.32 Å². The molecule has 1 N–H and O–H groups in total. The number of rotatable bonds is 7. The smallest absolute Gasteiger partial charge is 0.119 e. The van der Waals surface area contributed by atoms with E-state index in [0.29, 0.717) is 0 Å². The van der Waals surface area contributed by atoms with Gasteiger partial charge in [-0.3, -0.25) is 0 Å². The molecule has 1 aliphatic carbocycles. The number of hydrogen-bond acceptors (Lipinski definition) is 2. The molecule has 1 saturated carbocycles. The van der Waals surface area contributed by atoms with Crippen LogP contribution < -0.4 is 10.1 Å². The molecule has 20 heavy (non-hydrogen) atoms. The first-order valence-electron chi connectivity index (χ1n) is 7.97. The predicted octanol–water partition coefficient (Wildman–Crippen LogP) is 4.26. The molecule has 2 rings (SSSR count). The van der Waals surface area contributed by atoms with Gasteiger partial charge in [0.25, 0.3) is 0 Å². The summed E-state index contributed by atoms with van der Waals surface area (Å²) in [6.07, 6.45) is 5.28. The minimum Gasteiger partial charge on any atom is -0.494 e. The van der Waals surface area contributed by atoms with Gasteiger partial charge in [-0.2, -0.15) is 0 Å². The van der Waals surface area contributed by atoms with E-state index in [1.807, 2.05) is 30.3 Å². The second kappa shape index (κ2) is 7.12. The Morgan fingerprint density at radius 1 is 1.10 bits per heavy atom. The fourth-order valence-electron chi connectivity index (χ4n) is 2.78. The molecule has 0 aliphatic heterocycles. The van der Waals surface area contributed by atoms with Crippen LogP contribution in [0, 0.1) is 11.8 Å². The first-order chi connectivity index (χ1) is 9.54. The highest BCUT2D eigenvalue weighted by atomic mass is 16.5. The second-order valence-corrected chi connectivity index (χ2v) is 7.03. The first-order valence-corrected chi connectivity index (χ1v) is 7.97. The highest BCUT2D eigenvalue weighted by Crippen LogP contribution is 2.37. The summed E-state index contributed by atoms with van der Waals surface area (Å²) in [6.45, 7) is 8.75. The van der Waals surface area contributed by atoms with E-state index in [-0.39, 0.29) is 5.54 Å². The quantitative estimate of drug-likeness (QED) is 0.751. The normalized spacial score (nSPS) is 22.4. The first kappa shape index (κ1) is 15.4. The molecule has 0 aromatic heterocycles. The van der Waals surface area contributed by atoms with Crippen molar-refractivity contribution in [3.8, 4) is 5.75 Å². The van der Waals surface area contributed by atoms with Crippen LogP contribution in [0.2, 0.25) is 0 Å². The van der Waals surface area contributed by atoms with Crippen LogP contribution in [0.5, 0.6) is 5.75 Å². The molecule has 1 fully saturated rings. The molecule has 0 bridgehead atoms. The number of nitrogens with one attached hydrogen (secondary N) is 1. The standard InChI is InChI=1S/C18H29NO/c1-18(2,3)19-14-16-12-11-15(16)8-7-13-20-17-9-5-4-6-10-17/h4-6,9-10,15-16,19H,7-8,11-14H2,1-3H3. The second-order valence-electron chi connectivity index (χ2n) is 7.03. The summed E-state index contributed by atoms with van der Waals surface area (Å²) < 4.78 is 5.76. The summed E-state index contributed by atoms with van der Waals surface area (Å²) in [4.78, 5) is 0. The van der Waals surface area contributed by atoms with E-state index in [2.05, 4.69) is 26.1 Å². The minimum atomic E-state index is 0.247. The van der Waals surface area contributed by atoms with Gasteiger partial charge in [-0.05, 0) is 77.0 Å². The van der Waals surface area contributed by atoms with Gasteiger partial charge in [0.05, 0.1) is 6.61 Å². The van der Waals surface area contributed by atoms with E-state index in [9.17, 15) is 0 Å². The van der Waals surface area contributed by atoms with Crippen molar-refractivity contribution in [2.45, 2.75) is 52.0 Å². The molecule has 2 nitrogen and oxygen atoms in total. The van der Waals surface area contributed by atoms with E-state index >= 15 is 0 Å². The van der Waals surface area contributed by atoms with Gasteiger partial charge in [0, 0.05) is 5.54 Å². The molecule has 1 aromatic carbocycles. The zero-order valence-corrected chi connectivity index (χ0v) is 13.2. The van der Waals surface area contributed by atoms with Crippen molar-refractivity contribution in [3.63, 3.8) is 0 Å². The van der Waals surface area contributed by atoms with Crippen molar-refractivity contribution >= 4 is 0 Å². The lowest BCUT2D eigenvalue weighted by Crippen LogP contribution is -2.43. The Kier molecular flexibility index (Phi) is 5.47. The Balaban J connectivity index is 1.58.